The average molecular weight is 208 g/mol. The van der Waals surface area contributed by atoms with E-state index in [4.69, 9.17) is 0 Å². The van der Waals surface area contributed by atoms with Crippen LogP contribution in [0.1, 0.15) is 32.9 Å². The molecule has 3 nitrogen and oxygen atoms in total. The molecular weight excluding hydrogens is 188 g/mol. The van der Waals surface area contributed by atoms with Gasteiger partial charge in [-0.05, 0) is 38.8 Å². The molecule has 0 atom stereocenters. The summed E-state index contributed by atoms with van der Waals surface area (Å²) in [5.41, 5.74) is 1.17. The van der Waals surface area contributed by atoms with Crippen LogP contribution in [-0.4, -0.2) is 16.0 Å². The highest BCUT2D eigenvalue weighted by Gasteiger charge is 2.18. The number of aryl methyl sites for hydroxylation is 2. The molecule has 0 aromatic carbocycles. The van der Waals surface area contributed by atoms with Crippen LogP contribution in [0, 0.1) is 0 Å². The van der Waals surface area contributed by atoms with Gasteiger partial charge in [0.1, 0.15) is 0 Å². The monoisotopic (exact) mass is 208 g/mol. The Labute approximate surface area is 91.5 Å². The first-order valence-electron chi connectivity index (χ1n) is 5.30. The zero-order valence-corrected chi connectivity index (χ0v) is 10.0. The van der Waals surface area contributed by atoms with Gasteiger partial charge >= 0.3 is 0 Å². The number of amides is 1. The average Bonchev–Trinajstić information content (AvgIpc) is 2.45. The van der Waals surface area contributed by atoms with Crippen molar-refractivity contribution in [3.63, 3.8) is 0 Å². The van der Waals surface area contributed by atoms with Crippen molar-refractivity contribution in [2.45, 2.75) is 39.2 Å². The SMILES string of the molecule is CC(=O)NC(C)(C)CCc1cccn1C. The summed E-state index contributed by atoms with van der Waals surface area (Å²) < 4.78 is 2.11. The van der Waals surface area contributed by atoms with Crippen molar-refractivity contribution in [2.24, 2.45) is 7.05 Å². The lowest BCUT2D eigenvalue weighted by atomic mass is 9.97. The van der Waals surface area contributed by atoms with Crippen LogP contribution in [0.3, 0.4) is 0 Å². The third-order valence-electron chi connectivity index (χ3n) is 2.57. The van der Waals surface area contributed by atoms with E-state index in [1.54, 1.807) is 6.92 Å². The molecule has 0 spiro atoms. The van der Waals surface area contributed by atoms with Crippen molar-refractivity contribution in [3.05, 3.63) is 24.0 Å². The minimum Gasteiger partial charge on any atom is -0.354 e. The fourth-order valence-electron chi connectivity index (χ4n) is 1.74. The van der Waals surface area contributed by atoms with Crippen molar-refractivity contribution >= 4 is 5.91 Å². The molecule has 0 aliphatic rings. The van der Waals surface area contributed by atoms with Gasteiger partial charge in [-0.25, -0.2) is 0 Å². The predicted octanol–water partition coefficient (Wildman–Crippen LogP) is 1.87. The maximum absolute atomic E-state index is 11.0. The third-order valence-corrected chi connectivity index (χ3v) is 2.57. The van der Waals surface area contributed by atoms with E-state index in [-0.39, 0.29) is 11.4 Å². The van der Waals surface area contributed by atoms with Gasteiger partial charge in [0.15, 0.2) is 0 Å². The van der Waals surface area contributed by atoms with Gasteiger partial charge in [-0.15, -0.1) is 0 Å². The standard InChI is InChI=1S/C12H20N2O/c1-10(15)13-12(2,3)8-7-11-6-5-9-14(11)4/h5-6,9H,7-8H2,1-4H3,(H,13,15). The van der Waals surface area contributed by atoms with Crippen molar-refractivity contribution < 1.29 is 4.79 Å². The Morgan fingerprint density at radius 2 is 2.20 bits per heavy atom. The molecule has 3 heteroatoms. The quantitative estimate of drug-likeness (QED) is 0.805. The summed E-state index contributed by atoms with van der Waals surface area (Å²) in [4.78, 5) is 11.0. The molecule has 15 heavy (non-hydrogen) atoms. The Bertz CT molecular complexity index is 339. The minimum atomic E-state index is -0.129. The van der Waals surface area contributed by atoms with Crippen LogP contribution < -0.4 is 5.32 Å². The van der Waals surface area contributed by atoms with Crippen LogP contribution in [0.5, 0.6) is 0 Å². The molecule has 0 bridgehead atoms. The minimum absolute atomic E-state index is 0.0341. The third kappa shape index (κ3) is 3.78. The second-order valence-electron chi connectivity index (χ2n) is 4.68. The molecule has 0 radical (unpaired) electrons. The number of nitrogens with zero attached hydrogens (tertiary/aromatic N) is 1. The van der Waals surface area contributed by atoms with E-state index in [1.165, 1.54) is 5.69 Å². The number of rotatable bonds is 4. The van der Waals surface area contributed by atoms with E-state index in [2.05, 4.69) is 29.8 Å². The van der Waals surface area contributed by atoms with Crippen LogP contribution >= 0.6 is 0 Å². The van der Waals surface area contributed by atoms with Crippen LogP contribution in [0.2, 0.25) is 0 Å². The molecule has 0 aliphatic carbocycles. The molecular formula is C12H20N2O. The Morgan fingerprint density at radius 3 is 2.67 bits per heavy atom. The summed E-state index contributed by atoms with van der Waals surface area (Å²) in [6, 6.07) is 4.16. The van der Waals surface area contributed by atoms with Crippen LogP contribution in [0.4, 0.5) is 0 Å². The van der Waals surface area contributed by atoms with Gasteiger partial charge in [-0.2, -0.15) is 0 Å². The van der Waals surface area contributed by atoms with E-state index in [0.29, 0.717) is 0 Å². The van der Waals surface area contributed by atoms with E-state index in [1.807, 2.05) is 19.3 Å². The summed E-state index contributed by atoms with van der Waals surface area (Å²) in [6.07, 6.45) is 3.97. The van der Waals surface area contributed by atoms with Crippen molar-refractivity contribution in [1.82, 2.24) is 9.88 Å². The summed E-state index contributed by atoms with van der Waals surface area (Å²) in [5.74, 6) is 0.0341. The predicted molar refractivity (Wildman–Crippen MR) is 61.6 cm³/mol. The van der Waals surface area contributed by atoms with Gasteiger partial charge in [-0.1, -0.05) is 0 Å². The smallest absolute Gasteiger partial charge is 0.217 e. The molecule has 1 rings (SSSR count). The normalized spacial score (nSPS) is 11.5. The second-order valence-corrected chi connectivity index (χ2v) is 4.68. The first kappa shape index (κ1) is 11.8. The molecule has 1 heterocycles. The van der Waals surface area contributed by atoms with Crippen LogP contribution in [0.15, 0.2) is 18.3 Å². The Hall–Kier alpha value is -1.25. The molecule has 0 saturated heterocycles. The van der Waals surface area contributed by atoms with Crippen molar-refractivity contribution in [1.29, 1.82) is 0 Å². The number of nitrogens with one attached hydrogen (secondary N) is 1. The van der Waals surface area contributed by atoms with E-state index < -0.39 is 0 Å². The fraction of sp³-hybridized carbons (Fsp3) is 0.583. The Kier molecular flexibility index (Phi) is 3.56. The maximum atomic E-state index is 11.0. The van der Waals surface area contributed by atoms with Crippen LogP contribution in [-0.2, 0) is 18.3 Å². The van der Waals surface area contributed by atoms with E-state index >= 15 is 0 Å². The first-order valence-corrected chi connectivity index (χ1v) is 5.30. The summed E-state index contributed by atoms with van der Waals surface area (Å²) in [5, 5.41) is 2.95. The topological polar surface area (TPSA) is 34.0 Å². The van der Waals surface area contributed by atoms with Gasteiger partial charge < -0.3 is 9.88 Å². The molecule has 0 fully saturated rings. The maximum Gasteiger partial charge on any atom is 0.217 e. The summed E-state index contributed by atoms with van der Waals surface area (Å²) in [7, 11) is 2.04. The second kappa shape index (κ2) is 4.51. The van der Waals surface area contributed by atoms with Gasteiger partial charge in [0.2, 0.25) is 5.91 Å². The molecule has 84 valence electrons. The summed E-state index contributed by atoms with van der Waals surface area (Å²) >= 11 is 0. The molecule has 1 amide bonds. The Morgan fingerprint density at radius 1 is 1.53 bits per heavy atom. The van der Waals surface area contributed by atoms with Crippen molar-refractivity contribution in [2.75, 3.05) is 0 Å². The van der Waals surface area contributed by atoms with Gasteiger partial charge in [0.25, 0.3) is 0 Å². The van der Waals surface area contributed by atoms with E-state index in [9.17, 15) is 4.79 Å². The zero-order chi connectivity index (χ0) is 11.5. The lowest BCUT2D eigenvalue weighted by molar-refractivity contribution is -0.120. The summed E-state index contributed by atoms with van der Waals surface area (Å²) in [6.45, 7) is 5.67. The van der Waals surface area contributed by atoms with Gasteiger partial charge in [0, 0.05) is 31.4 Å². The Balaban J connectivity index is 2.49. The van der Waals surface area contributed by atoms with Gasteiger partial charge in [0.05, 0.1) is 0 Å². The van der Waals surface area contributed by atoms with Crippen molar-refractivity contribution in [3.8, 4) is 0 Å². The zero-order valence-electron chi connectivity index (χ0n) is 10.0. The number of hydrogen-bond donors (Lipinski definition) is 1. The molecule has 0 saturated carbocycles. The lowest BCUT2D eigenvalue weighted by Gasteiger charge is -2.25. The number of hydrogen-bond acceptors (Lipinski definition) is 1. The largest absolute Gasteiger partial charge is 0.354 e. The highest BCUT2D eigenvalue weighted by atomic mass is 16.1. The number of carbonyl (C=O) groups is 1. The van der Waals surface area contributed by atoms with E-state index in [0.717, 1.165) is 12.8 Å². The molecule has 1 aromatic heterocycles. The highest BCUT2D eigenvalue weighted by Crippen LogP contribution is 2.13. The lowest BCUT2D eigenvalue weighted by Crippen LogP contribution is -2.42. The van der Waals surface area contributed by atoms with Gasteiger partial charge in [-0.3, -0.25) is 4.79 Å². The molecule has 0 aliphatic heterocycles. The highest BCUT2D eigenvalue weighted by molar-refractivity contribution is 5.73. The van der Waals surface area contributed by atoms with Crippen LogP contribution in [0.25, 0.3) is 0 Å². The molecule has 1 N–H and O–H groups in total. The fourth-order valence-corrected chi connectivity index (χ4v) is 1.74. The first-order chi connectivity index (χ1) is 6.91. The number of carbonyl (C=O) groups excluding carboxylic acids is 1. The molecule has 0 unspecified atom stereocenters. The number of aromatic nitrogens is 1. The molecule has 1 aromatic rings.